The van der Waals surface area contributed by atoms with Gasteiger partial charge in [0.2, 0.25) is 15.0 Å². The van der Waals surface area contributed by atoms with E-state index in [9.17, 15) is 17.6 Å². The van der Waals surface area contributed by atoms with E-state index >= 15 is 0 Å². The zero-order chi connectivity index (χ0) is 18.2. The van der Waals surface area contributed by atoms with Gasteiger partial charge in [-0.1, -0.05) is 12.1 Å². The summed E-state index contributed by atoms with van der Waals surface area (Å²) in [5.74, 6) is -0.248. The van der Waals surface area contributed by atoms with Gasteiger partial charge in [-0.3, -0.25) is 14.7 Å². The Kier molecular flexibility index (Phi) is 4.61. The second-order valence-corrected chi connectivity index (χ2v) is 7.89. The molecule has 1 aliphatic heterocycles. The van der Waals surface area contributed by atoms with Crippen LogP contribution in [0.3, 0.4) is 0 Å². The molecule has 2 aromatic rings. The van der Waals surface area contributed by atoms with E-state index in [1.807, 2.05) is 4.90 Å². The van der Waals surface area contributed by atoms with Crippen LogP contribution in [0.15, 0.2) is 28.2 Å². The van der Waals surface area contributed by atoms with Crippen molar-refractivity contribution in [1.82, 2.24) is 14.9 Å². The highest BCUT2D eigenvalue weighted by atomic mass is 32.2. The van der Waals surface area contributed by atoms with Crippen molar-refractivity contribution in [3.63, 3.8) is 0 Å². The van der Waals surface area contributed by atoms with Gasteiger partial charge in [0, 0.05) is 37.9 Å². The number of nitrogens with zero attached hydrogens (tertiary/aromatic N) is 2. The summed E-state index contributed by atoms with van der Waals surface area (Å²) in [6, 6.07) is 4.93. The molecule has 1 aliphatic rings. The van der Waals surface area contributed by atoms with Gasteiger partial charge < -0.3 is 4.74 Å². The zero-order valence-corrected chi connectivity index (χ0v) is 14.7. The minimum absolute atomic E-state index is 0.173. The lowest BCUT2D eigenvalue weighted by Gasteiger charge is -2.27. The summed E-state index contributed by atoms with van der Waals surface area (Å²) < 4.78 is 42.4. The third-order valence-electron chi connectivity index (χ3n) is 4.13. The van der Waals surface area contributed by atoms with E-state index < -0.39 is 21.2 Å². The van der Waals surface area contributed by atoms with Gasteiger partial charge in [0.1, 0.15) is 0 Å². The third kappa shape index (κ3) is 3.57. The lowest BCUT2D eigenvalue weighted by Crippen LogP contribution is -2.36. The number of aromatic nitrogens is 2. The fourth-order valence-corrected chi connectivity index (χ4v) is 3.40. The Hall–Kier alpha value is -2.26. The van der Waals surface area contributed by atoms with Crippen LogP contribution in [0.4, 0.5) is 4.39 Å². The van der Waals surface area contributed by atoms with Crippen LogP contribution in [-0.2, 0) is 29.3 Å². The quantitative estimate of drug-likeness (QED) is 0.807. The van der Waals surface area contributed by atoms with Crippen molar-refractivity contribution in [1.29, 1.82) is 0 Å². The van der Waals surface area contributed by atoms with E-state index in [4.69, 9.17) is 4.74 Å². The number of ether oxygens (including phenoxy) is 1. The Labute approximate surface area is 144 Å². The summed E-state index contributed by atoms with van der Waals surface area (Å²) >= 11 is 0. The summed E-state index contributed by atoms with van der Waals surface area (Å²) in [5, 5.41) is -0.316. The third-order valence-corrected chi connectivity index (χ3v) is 5.03. The Bertz CT molecular complexity index is 972. The van der Waals surface area contributed by atoms with Crippen LogP contribution in [0.5, 0.6) is 5.75 Å². The molecule has 9 heteroatoms. The van der Waals surface area contributed by atoms with Gasteiger partial charge in [0.05, 0.1) is 18.4 Å². The molecule has 0 unspecified atom stereocenters. The Morgan fingerprint density at radius 1 is 1.40 bits per heavy atom. The minimum Gasteiger partial charge on any atom is -0.494 e. The maximum atomic E-state index is 14.3. The highest BCUT2D eigenvalue weighted by Gasteiger charge is 2.24. The number of halogens is 1. The zero-order valence-electron chi connectivity index (χ0n) is 13.9. The van der Waals surface area contributed by atoms with Gasteiger partial charge >= 0.3 is 0 Å². The van der Waals surface area contributed by atoms with Crippen LogP contribution in [0, 0.1) is 5.82 Å². The van der Waals surface area contributed by atoms with E-state index in [1.165, 1.54) is 7.11 Å². The van der Waals surface area contributed by atoms with Crippen molar-refractivity contribution >= 4 is 9.84 Å². The van der Waals surface area contributed by atoms with Gasteiger partial charge in [-0.15, -0.1) is 0 Å². The SMILES string of the molecule is COc1cccc(CN2CCc3nc(S(C)(=O)=O)[nH]c(=O)c3C2)c1F. The van der Waals surface area contributed by atoms with Crippen LogP contribution in [-0.4, -0.2) is 43.2 Å². The number of nitrogens with one attached hydrogen (secondary N) is 1. The van der Waals surface area contributed by atoms with Crippen molar-refractivity contribution in [3.05, 3.63) is 51.2 Å². The molecule has 0 saturated carbocycles. The van der Waals surface area contributed by atoms with Gasteiger partial charge in [0.25, 0.3) is 5.56 Å². The molecule has 0 amide bonds. The molecule has 1 aromatic heterocycles. The van der Waals surface area contributed by atoms with Crippen LogP contribution >= 0.6 is 0 Å². The Balaban J connectivity index is 1.86. The molecule has 0 fully saturated rings. The van der Waals surface area contributed by atoms with E-state index in [0.717, 1.165) is 6.26 Å². The topological polar surface area (TPSA) is 92.4 Å². The molecule has 3 rings (SSSR count). The number of hydrogen-bond donors (Lipinski definition) is 1. The molecule has 1 aromatic carbocycles. The van der Waals surface area contributed by atoms with Crippen LogP contribution < -0.4 is 10.3 Å². The van der Waals surface area contributed by atoms with Crippen LogP contribution in [0.25, 0.3) is 0 Å². The van der Waals surface area contributed by atoms with Crippen molar-refractivity contribution in [3.8, 4) is 5.75 Å². The fourth-order valence-electron chi connectivity index (χ4n) is 2.85. The summed E-state index contributed by atoms with van der Waals surface area (Å²) in [6.07, 6.45) is 1.42. The fraction of sp³-hybridized carbons (Fsp3) is 0.375. The van der Waals surface area contributed by atoms with Crippen molar-refractivity contribution < 1.29 is 17.5 Å². The monoisotopic (exact) mass is 367 g/mol. The maximum absolute atomic E-state index is 14.3. The summed E-state index contributed by atoms with van der Waals surface area (Å²) in [7, 11) is -2.17. The largest absolute Gasteiger partial charge is 0.494 e. The average Bonchev–Trinajstić information content (AvgIpc) is 2.56. The lowest BCUT2D eigenvalue weighted by atomic mass is 10.1. The molecule has 7 nitrogen and oxygen atoms in total. The van der Waals surface area contributed by atoms with Crippen LogP contribution in [0.1, 0.15) is 16.8 Å². The first-order valence-electron chi connectivity index (χ1n) is 7.65. The predicted octanol–water partition coefficient (Wildman–Crippen LogP) is 0.879. The number of H-pyrrole nitrogens is 1. The molecular weight excluding hydrogens is 349 g/mol. The number of rotatable bonds is 4. The number of fused-ring (bicyclic) bond motifs is 1. The van der Waals surface area contributed by atoms with E-state index in [1.54, 1.807) is 18.2 Å². The number of sulfone groups is 1. The van der Waals surface area contributed by atoms with Crippen molar-refractivity contribution in [2.75, 3.05) is 19.9 Å². The summed E-state index contributed by atoms with van der Waals surface area (Å²) in [6.45, 7) is 1.14. The molecule has 0 atom stereocenters. The highest BCUT2D eigenvalue weighted by Crippen LogP contribution is 2.23. The number of hydrogen-bond acceptors (Lipinski definition) is 6. The minimum atomic E-state index is -3.58. The predicted molar refractivity (Wildman–Crippen MR) is 88.7 cm³/mol. The molecule has 0 spiro atoms. The molecule has 134 valence electrons. The molecule has 0 saturated heterocycles. The smallest absolute Gasteiger partial charge is 0.256 e. The molecule has 1 N–H and O–H groups in total. The first-order chi connectivity index (χ1) is 11.8. The number of benzene rings is 1. The first-order valence-corrected chi connectivity index (χ1v) is 9.54. The first kappa shape index (κ1) is 17.6. The molecule has 0 bridgehead atoms. The van der Waals surface area contributed by atoms with Crippen molar-refractivity contribution in [2.24, 2.45) is 0 Å². The molecule has 25 heavy (non-hydrogen) atoms. The molecule has 0 aliphatic carbocycles. The molecule has 2 heterocycles. The average molecular weight is 367 g/mol. The Morgan fingerprint density at radius 3 is 2.84 bits per heavy atom. The van der Waals surface area contributed by atoms with Gasteiger partial charge in [-0.25, -0.2) is 17.8 Å². The Morgan fingerprint density at radius 2 is 2.16 bits per heavy atom. The van der Waals surface area contributed by atoms with Crippen molar-refractivity contribution in [2.45, 2.75) is 24.7 Å². The second-order valence-electron chi connectivity index (χ2n) is 5.96. The standard InChI is InChI=1S/C16H18FN3O4S/c1-24-13-5-3-4-10(14(13)17)8-20-7-6-12-11(9-20)15(21)19-16(18-12)25(2,22)23/h3-5H,6-9H2,1-2H3,(H,18,19,21). The van der Waals surface area contributed by atoms with Gasteiger partial charge in [-0.2, -0.15) is 0 Å². The lowest BCUT2D eigenvalue weighted by molar-refractivity contribution is 0.236. The second kappa shape index (κ2) is 6.57. The van der Waals surface area contributed by atoms with Gasteiger partial charge in [-0.05, 0) is 6.07 Å². The molecule has 0 radical (unpaired) electrons. The maximum Gasteiger partial charge on any atom is 0.256 e. The number of methoxy groups -OCH3 is 1. The molecular formula is C16H18FN3O4S. The van der Waals surface area contributed by atoms with E-state index in [2.05, 4.69) is 9.97 Å². The normalized spacial score (nSPS) is 15.0. The summed E-state index contributed by atoms with van der Waals surface area (Å²) in [5.41, 5.74) is 0.898. The summed E-state index contributed by atoms with van der Waals surface area (Å²) in [4.78, 5) is 20.5. The van der Waals surface area contributed by atoms with Crippen LogP contribution in [0.2, 0.25) is 0 Å². The van der Waals surface area contributed by atoms with Gasteiger partial charge in [0.15, 0.2) is 11.6 Å². The van der Waals surface area contributed by atoms with E-state index in [0.29, 0.717) is 36.3 Å². The van der Waals surface area contributed by atoms with E-state index in [-0.39, 0.29) is 17.5 Å². The number of aromatic amines is 1. The highest BCUT2D eigenvalue weighted by molar-refractivity contribution is 7.90.